The van der Waals surface area contributed by atoms with Gasteiger partial charge in [-0.15, -0.1) is 5.54 Å². The molecule has 3 aromatic rings. The summed E-state index contributed by atoms with van der Waals surface area (Å²) in [5.74, 6) is 4.29. The Morgan fingerprint density at radius 1 is 1.04 bits per heavy atom. The van der Waals surface area contributed by atoms with E-state index in [1.165, 1.54) is 18.1 Å². The molecule has 128 valence electrons. The third-order valence-electron chi connectivity index (χ3n) is 5.12. The zero-order chi connectivity index (χ0) is 17.9. The number of halogens is 1. The van der Waals surface area contributed by atoms with Gasteiger partial charge in [0.2, 0.25) is 0 Å². The first-order valence-corrected chi connectivity index (χ1v) is 11.9. The van der Waals surface area contributed by atoms with Gasteiger partial charge in [-0.3, -0.25) is 0 Å². The van der Waals surface area contributed by atoms with Gasteiger partial charge in [-0.2, -0.15) is 0 Å². The number of hydrogen-bond acceptors (Lipinski definition) is 1. The van der Waals surface area contributed by atoms with Crippen molar-refractivity contribution in [1.29, 1.82) is 0 Å². The van der Waals surface area contributed by atoms with Gasteiger partial charge in [0.15, 0.2) is 0 Å². The quantitative estimate of drug-likeness (QED) is 0.427. The van der Waals surface area contributed by atoms with E-state index < -0.39 is 8.07 Å². The fourth-order valence-electron chi connectivity index (χ4n) is 3.12. The molecule has 0 fully saturated rings. The Balaban J connectivity index is 2.11. The lowest BCUT2D eigenvalue weighted by molar-refractivity contribution is 1.20. The number of hydrogen-bond donors (Lipinski definition) is 1. The SMILES string of the molecule is CC[Si](C#Cc1ccc(Cl)cc1-c1nc2ccccc2[nH]1)(CC)CC. The van der Waals surface area contributed by atoms with Gasteiger partial charge in [0.1, 0.15) is 13.9 Å². The van der Waals surface area contributed by atoms with E-state index in [0.29, 0.717) is 5.02 Å². The van der Waals surface area contributed by atoms with Crippen molar-refractivity contribution in [2.24, 2.45) is 0 Å². The molecule has 0 spiro atoms. The molecule has 0 amide bonds. The lowest BCUT2D eigenvalue weighted by Gasteiger charge is -2.20. The molecule has 0 radical (unpaired) electrons. The fraction of sp³-hybridized carbons (Fsp3) is 0.286. The van der Waals surface area contributed by atoms with Gasteiger partial charge in [-0.1, -0.05) is 50.4 Å². The summed E-state index contributed by atoms with van der Waals surface area (Å²) in [6, 6.07) is 17.5. The maximum Gasteiger partial charge on any atom is 0.139 e. The molecule has 0 aliphatic carbocycles. The number of H-pyrrole nitrogens is 1. The summed E-state index contributed by atoms with van der Waals surface area (Å²) < 4.78 is 0. The number of nitrogens with zero attached hydrogens (tertiary/aromatic N) is 1. The first-order valence-electron chi connectivity index (χ1n) is 8.88. The van der Waals surface area contributed by atoms with Crippen LogP contribution in [0.2, 0.25) is 23.2 Å². The van der Waals surface area contributed by atoms with Crippen LogP contribution in [0.15, 0.2) is 42.5 Å². The number of rotatable bonds is 4. The lowest BCUT2D eigenvalue weighted by atomic mass is 10.1. The highest BCUT2D eigenvalue weighted by molar-refractivity contribution is 6.87. The highest BCUT2D eigenvalue weighted by Crippen LogP contribution is 2.27. The van der Waals surface area contributed by atoms with Gasteiger partial charge in [-0.05, 0) is 48.5 Å². The number of aromatic amines is 1. The molecule has 0 saturated carbocycles. The maximum absolute atomic E-state index is 6.26. The van der Waals surface area contributed by atoms with Gasteiger partial charge in [0.25, 0.3) is 0 Å². The Hall–Kier alpha value is -2.02. The molecule has 4 heteroatoms. The molecule has 0 aliphatic rings. The van der Waals surface area contributed by atoms with E-state index >= 15 is 0 Å². The van der Waals surface area contributed by atoms with E-state index in [2.05, 4.69) is 37.2 Å². The van der Waals surface area contributed by atoms with Crippen LogP contribution in [0.1, 0.15) is 26.3 Å². The van der Waals surface area contributed by atoms with Crippen LogP contribution in [0.25, 0.3) is 22.4 Å². The zero-order valence-corrected chi connectivity index (χ0v) is 16.7. The Morgan fingerprint density at radius 2 is 1.76 bits per heavy atom. The fourth-order valence-corrected chi connectivity index (χ4v) is 5.72. The molecule has 2 nitrogen and oxygen atoms in total. The Labute approximate surface area is 155 Å². The van der Waals surface area contributed by atoms with Crippen molar-refractivity contribution < 1.29 is 0 Å². The molecule has 0 atom stereocenters. The second-order valence-corrected chi connectivity index (χ2v) is 11.8. The molecule has 1 N–H and O–H groups in total. The summed E-state index contributed by atoms with van der Waals surface area (Å²) in [6.07, 6.45) is 0. The van der Waals surface area contributed by atoms with Crippen LogP contribution >= 0.6 is 11.6 Å². The van der Waals surface area contributed by atoms with Gasteiger partial charge in [0.05, 0.1) is 11.0 Å². The second-order valence-electron chi connectivity index (χ2n) is 6.38. The van der Waals surface area contributed by atoms with E-state index in [1.807, 2.05) is 42.5 Å². The van der Waals surface area contributed by atoms with Gasteiger partial charge < -0.3 is 4.98 Å². The van der Waals surface area contributed by atoms with Crippen LogP contribution < -0.4 is 0 Å². The minimum Gasteiger partial charge on any atom is -0.338 e. The highest BCUT2D eigenvalue weighted by Gasteiger charge is 2.24. The molecule has 25 heavy (non-hydrogen) atoms. The minimum atomic E-state index is -1.49. The van der Waals surface area contributed by atoms with Crippen molar-refractivity contribution in [3.63, 3.8) is 0 Å². The highest BCUT2D eigenvalue weighted by atomic mass is 35.5. The average Bonchev–Trinajstić information content (AvgIpc) is 3.08. The van der Waals surface area contributed by atoms with Crippen LogP contribution in [-0.4, -0.2) is 18.0 Å². The van der Waals surface area contributed by atoms with Crippen LogP contribution in [0, 0.1) is 11.5 Å². The molecule has 3 rings (SSSR count). The Kier molecular flexibility index (Phi) is 5.32. The van der Waals surface area contributed by atoms with E-state index in [4.69, 9.17) is 16.6 Å². The topological polar surface area (TPSA) is 28.7 Å². The van der Waals surface area contributed by atoms with Gasteiger partial charge in [0, 0.05) is 16.1 Å². The third kappa shape index (κ3) is 3.66. The summed E-state index contributed by atoms with van der Waals surface area (Å²) >= 11 is 6.26. The minimum absolute atomic E-state index is 0.700. The number of benzene rings is 2. The molecule has 1 aromatic heterocycles. The van der Waals surface area contributed by atoms with Crippen molar-refractivity contribution in [2.75, 3.05) is 0 Å². The van der Waals surface area contributed by atoms with Crippen molar-refractivity contribution >= 4 is 30.7 Å². The molecular weight excluding hydrogens is 344 g/mol. The van der Waals surface area contributed by atoms with Crippen LogP contribution in [0.3, 0.4) is 0 Å². The van der Waals surface area contributed by atoms with Crippen molar-refractivity contribution in [1.82, 2.24) is 9.97 Å². The number of nitrogens with one attached hydrogen (secondary N) is 1. The molecule has 0 bridgehead atoms. The molecule has 1 heterocycles. The predicted octanol–water partition coefficient (Wildman–Crippen LogP) is 6.28. The zero-order valence-electron chi connectivity index (χ0n) is 15.0. The van der Waals surface area contributed by atoms with Crippen molar-refractivity contribution in [3.8, 4) is 22.9 Å². The first kappa shape index (κ1) is 17.8. The summed E-state index contributed by atoms with van der Waals surface area (Å²) in [6.45, 7) is 6.82. The van der Waals surface area contributed by atoms with Gasteiger partial charge in [-0.25, -0.2) is 4.98 Å². The first-order chi connectivity index (χ1) is 12.1. The lowest BCUT2D eigenvalue weighted by Crippen LogP contribution is -2.29. The van der Waals surface area contributed by atoms with Crippen molar-refractivity contribution in [2.45, 2.75) is 38.9 Å². The third-order valence-corrected chi connectivity index (χ3v) is 10.1. The monoisotopic (exact) mass is 366 g/mol. The van der Waals surface area contributed by atoms with E-state index in [9.17, 15) is 0 Å². The molecule has 0 saturated heterocycles. The summed E-state index contributed by atoms with van der Waals surface area (Å²) in [7, 11) is -1.49. The number of para-hydroxylation sites is 2. The van der Waals surface area contributed by atoms with Crippen LogP contribution in [-0.2, 0) is 0 Å². The van der Waals surface area contributed by atoms with Crippen LogP contribution in [0.5, 0.6) is 0 Å². The summed E-state index contributed by atoms with van der Waals surface area (Å²) in [5.41, 5.74) is 7.61. The van der Waals surface area contributed by atoms with E-state index in [1.54, 1.807) is 0 Å². The largest absolute Gasteiger partial charge is 0.338 e. The summed E-state index contributed by atoms with van der Waals surface area (Å²) in [5, 5.41) is 0.700. The van der Waals surface area contributed by atoms with Crippen LogP contribution in [0.4, 0.5) is 0 Å². The molecular formula is C21H23ClN2Si. The Bertz CT molecular complexity index is 904. The summed E-state index contributed by atoms with van der Waals surface area (Å²) in [4.78, 5) is 8.11. The molecule has 0 unspecified atom stereocenters. The van der Waals surface area contributed by atoms with Gasteiger partial charge >= 0.3 is 0 Å². The predicted molar refractivity (Wildman–Crippen MR) is 111 cm³/mol. The standard InChI is InChI=1S/C21H23ClN2Si/c1-4-25(5-2,6-3)14-13-16-11-12-17(22)15-18(16)21-23-19-9-7-8-10-20(19)24-21/h7-12,15H,4-6H2,1-3H3,(H,23,24). The average molecular weight is 367 g/mol. The normalized spacial score (nSPS) is 11.4. The molecule has 2 aromatic carbocycles. The molecule has 0 aliphatic heterocycles. The van der Waals surface area contributed by atoms with E-state index in [-0.39, 0.29) is 0 Å². The number of imidazole rings is 1. The van der Waals surface area contributed by atoms with E-state index in [0.717, 1.165) is 28.0 Å². The number of fused-ring (bicyclic) bond motifs is 1. The smallest absolute Gasteiger partial charge is 0.139 e. The Morgan fingerprint density at radius 3 is 2.44 bits per heavy atom. The van der Waals surface area contributed by atoms with Crippen molar-refractivity contribution in [3.05, 3.63) is 53.1 Å². The number of aromatic nitrogens is 2. The maximum atomic E-state index is 6.26. The second kappa shape index (κ2) is 7.47.